The fourth-order valence-electron chi connectivity index (χ4n) is 3.37. The lowest BCUT2D eigenvalue weighted by atomic mass is 9.81. The highest BCUT2D eigenvalue weighted by Crippen LogP contribution is 2.56. The first-order valence-corrected chi connectivity index (χ1v) is 7.12. The van der Waals surface area contributed by atoms with Gasteiger partial charge in [-0.2, -0.15) is 0 Å². The summed E-state index contributed by atoms with van der Waals surface area (Å²) in [6.45, 7) is 3.90. The first kappa shape index (κ1) is 13.3. The van der Waals surface area contributed by atoms with Crippen molar-refractivity contribution in [3.8, 4) is 0 Å². The van der Waals surface area contributed by atoms with Gasteiger partial charge in [-0.05, 0) is 61.1 Å². The monoisotopic (exact) mass is 269 g/mol. The minimum atomic E-state index is -0.180. The molecule has 2 N–H and O–H groups in total. The van der Waals surface area contributed by atoms with Crippen molar-refractivity contribution in [1.82, 2.24) is 0 Å². The lowest BCUT2D eigenvalue weighted by Crippen LogP contribution is -2.28. The van der Waals surface area contributed by atoms with Crippen molar-refractivity contribution < 1.29 is 4.39 Å². The van der Waals surface area contributed by atoms with Crippen molar-refractivity contribution in [3.63, 3.8) is 0 Å². The molecule has 1 saturated carbocycles. The molecule has 0 spiro atoms. The van der Waals surface area contributed by atoms with Crippen LogP contribution in [-0.2, 0) is 5.41 Å². The minimum Gasteiger partial charge on any atom is -0.323 e. The number of hydrogen-bond donors (Lipinski definition) is 1. The van der Waals surface area contributed by atoms with Crippen molar-refractivity contribution in [2.45, 2.75) is 38.1 Å². The van der Waals surface area contributed by atoms with Crippen LogP contribution in [0.15, 0.2) is 42.5 Å². The van der Waals surface area contributed by atoms with E-state index in [1.54, 1.807) is 12.1 Å². The Kier molecular flexibility index (Phi) is 3.14. The third-order valence-electron chi connectivity index (χ3n) is 4.60. The molecule has 0 aromatic heterocycles. The highest BCUT2D eigenvalue weighted by atomic mass is 19.1. The maximum Gasteiger partial charge on any atom is 0.123 e. The Morgan fingerprint density at radius 3 is 2.10 bits per heavy atom. The van der Waals surface area contributed by atoms with E-state index in [0.29, 0.717) is 0 Å². The summed E-state index contributed by atoms with van der Waals surface area (Å²) < 4.78 is 13.5. The van der Waals surface area contributed by atoms with Crippen LogP contribution in [-0.4, -0.2) is 0 Å². The average Bonchev–Trinajstić information content (AvgIpc) is 3.20. The van der Waals surface area contributed by atoms with Crippen molar-refractivity contribution in [2.24, 2.45) is 5.73 Å². The third kappa shape index (κ3) is 2.04. The van der Waals surface area contributed by atoms with Gasteiger partial charge in [0.1, 0.15) is 5.82 Å². The molecule has 0 radical (unpaired) electrons. The van der Waals surface area contributed by atoms with Crippen molar-refractivity contribution in [2.75, 3.05) is 0 Å². The molecular weight excluding hydrogens is 249 g/mol. The first-order chi connectivity index (χ1) is 9.54. The van der Waals surface area contributed by atoms with E-state index in [1.165, 1.54) is 5.56 Å². The summed E-state index contributed by atoms with van der Waals surface area (Å²) in [5.41, 5.74) is 11.0. The Balaban J connectivity index is 2.04. The van der Waals surface area contributed by atoms with Gasteiger partial charge in [-0.15, -0.1) is 0 Å². The highest BCUT2D eigenvalue weighted by Gasteiger charge is 2.50. The summed E-state index contributed by atoms with van der Waals surface area (Å²) in [5.74, 6) is -0.180. The van der Waals surface area contributed by atoms with Gasteiger partial charge in [0.25, 0.3) is 0 Å². The number of halogens is 1. The van der Waals surface area contributed by atoms with E-state index in [4.69, 9.17) is 5.73 Å². The van der Waals surface area contributed by atoms with Gasteiger partial charge in [-0.25, -0.2) is 4.39 Å². The van der Waals surface area contributed by atoms with Crippen LogP contribution in [0.1, 0.15) is 41.1 Å². The van der Waals surface area contributed by atoms with Crippen LogP contribution in [0.25, 0.3) is 0 Å². The number of aryl methyl sites for hydroxylation is 2. The number of rotatable bonds is 3. The fourth-order valence-corrected chi connectivity index (χ4v) is 3.37. The second kappa shape index (κ2) is 4.71. The topological polar surface area (TPSA) is 26.0 Å². The van der Waals surface area contributed by atoms with Crippen LogP contribution in [0.4, 0.5) is 4.39 Å². The Hall–Kier alpha value is -1.67. The number of benzene rings is 2. The smallest absolute Gasteiger partial charge is 0.123 e. The molecule has 1 unspecified atom stereocenters. The second-order valence-electron chi connectivity index (χ2n) is 5.95. The van der Waals surface area contributed by atoms with Crippen LogP contribution in [0.3, 0.4) is 0 Å². The summed E-state index contributed by atoms with van der Waals surface area (Å²) in [6, 6.07) is 13.6. The van der Waals surface area contributed by atoms with E-state index in [0.717, 1.165) is 29.5 Å². The average molecular weight is 269 g/mol. The summed E-state index contributed by atoms with van der Waals surface area (Å²) in [5, 5.41) is 0. The van der Waals surface area contributed by atoms with E-state index >= 15 is 0 Å². The number of nitrogens with two attached hydrogens (primary N) is 1. The summed E-state index contributed by atoms with van der Waals surface area (Å²) in [7, 11) is 0. The normalized spacial score (nSPS) is 17.8. The zero-order chi connectivity index (χ0) is 14.3. The molecular formula is C18H20FN. The zero-order valence-electron chi connectivity index (χ0n) is 12.0. The maximum atomic E-state index is 13.5. The molecule has 2 heteroatoms. The van der Waals surface area contributed by atoms with Gasteiger partial charge in [0, 0.05) is 11.5 Å². The van der Waals surface area contributed by atoms with E-state index in [2.05, 4.69) is 24.3 Å². The molecule has 0 aliphatic heterocycles. The predicted octanol–water partition coefficient (Wildman–Crippen LogP) is 4.17. The molecule has 0 saturated heterocycles. The van der Waals surface area contributed by atoms with Gasteiger partial charge >= 0.3 is 0 Å². The van der Waals surface area contributed by atoms with Crippen LogP contribution < -0.4 is 5.73 Å². The molecule has 0 amide bonds. The SMILES string of the molecule is Cc1cc(F)cc(C)c1C(N)C1(c2ccccc2)CC1. The van der Waals surface area contributed by atoms with Crippen LogP contribution in [0, 0.1) is 19.7 Å². The molecule has 1 aliphatic rings. The van der Waals surface area contributed by atoms with Crippen molar-refractivity contribution >= 4 is 0 Å². The summed E-state index contributed by atoms with van der Waals surface area (Å²) >= 11 is 0. The maximum absolute atomic E-state index is 13.5. The van der Waals surface area contributed by atoms with Crippen LogP contribution in [0.2, 0.25) is 0 Å². The molecule has 3 rings (SSSR count). The zero-order valence-corrected chi connectivity index (χ0v) is 12.0. The van der Waals surface area contributed by atoms with Gasteiger partial charge in [-0.1, -0.05) is 30.3 Å². The third-order valence-corrected chi connectivity index (χ3v) is 4.60. The highest BCUT2D eigenvalue weighted by molar-refractivity contribution is 5.44. The van der Waals surface area contributed by atoms with Crippen LogP contribution >= 0.6 is 0 Å². The largest absolute Gasteiger partial charge is 0.323 e. The van der Waals surface area contributed by atoms with Gasteiger partial charge in [0.05, 0.1) is 0 Å². The lowest BCUT2D eigenvalue weighted by molar-refractivity contribution is 0.533. The molecule has 0 heterocycles. The van der Waals surface area contributed by atoms with E-state index in [-0.39, 0.29) is 17.3 Å². The van der Waals surface area contributed by atoms with Crippen molar-refractivity contribution in [1.29, 1.82) is 0 Å². The Labute approximate surface area is 119 Å². The first-order valence-electron chi connectivity index (χ1n) is 7.12. The molecule has 1 atom stereocenters. The Bertz CT molecular complexity index is 606. The van der Waals surface area contributed by atoms with Gasteiger partial charge < -0.3 is 5.73 Å². The van der Waals surface area contributed by atoms with E-state index in [1.807, 2.05) is 19.9 Å². The fraction of sp³-hybridized carbons (Fsp3) is 0.333. The quantitative estimate of drug-likeness (QED) is 0.889. The molecule has 1 nitrogen and oxygen atoms in total. The lowest BCUT2D eigenvalue weighted by Gasteiger charge is -2.27. The predicted molar refractivity (Wildman–Crippen MR) is 80.2 cm³/mol. The minimum absolute atomic E-state index is 0.0363. The molecule has 1 fully saturated rings. The summed E-state index contributed by atoms with van der Waals surface area (Å²) in [6.07, 6.45) is 2.21. The van der Waals surface area contributed by atoms with Crippen molar-refractivity contribution in [3.05, 3.63) is 70.5 Å². The molecule has 104 valence electrons. The van der Waals surface area contributed by atoms with Gasteiger partial charge in [0.15, 0.2) is 0 Å². The second-order valence-corrected chi connectivity index (χ2v) is 5.95. The van der Waals surface area contributed by atoms with E-state index < -0.39 is 0 Å². The number of hydrogen-bond acceptors (Lipinski definition) is 1. The summed E-state index contributed by atoms with van der Waals surface area (Å²) in [4.78, 5) is 0. The molecule has 2 aromatic carbocycles. The van der Waals surface area contributed by atoms with Gasteiger partial charge in [0.2, 0.25) is 0 Å². The Morgan fingerprint density at radius 1 is 1.05 bits per heavy atom. The molecule has 20 heavy (non-hydrogen) atoms. The van der Waals surface area contributed by atoms with Gasteiger partial charge in [-0.3, -0.25) is 0 Å². The van der Waals surface area contributed by atoms with Crippen LogP contribution in [0.5, 0.6) is 0 Å². The molecule has 1 aliphatic carbocycles. The Morgan fingerprint density at radius 2 is 1.60 bits per heavy atom. The molecule has 2 aromatic rings. The molecule has 0 bridgehead atoms. The standard InChI is InChI=1S/C18H20FN/c1-12-10-15(19)11-13(2)16(12)17(20)18(8-9-18)14-6-4-3-5-7-14/h3-7,10-11,17H,8-9,20H2,1-2H3. The van der Waals surface area contributed by atoms with E-state index in [9.17, 15) is 4.39 Å².